The first-order valence-electron chi connectivity index (χ1n) is 26.4. The number of ether oxygens (including phenoxy) is 4. The van der Waals surface area contributed by atoms with Crippen LogP contribution in [-0.2, 0) is 14.2 Å². The Bertz CT molecular complexity index is 2540. The fourth-order valence-electron chi connectivity index (χ4n) is 18.9. The number of fused-ring (bicyclic) bond motifs is 4. The van der Waals surface area contributed by atoms with Gasteiger partial charge in [-0.05, 0) is 191 Å². The number of hydrogen-bond acceptors (Lipinski definition) is 12. The van der Waals surface area contributed by atoms with E-state index in [0.717, 1.165) is 30.9 Å². The second-order valence-corrected chi connectivity index (χ2v) is 24.4. The summed E-state index contributed by atoms with van der Waals surface area (Å²) in [5.41, 5.74) is 2.95. The third-order valence-corrected chi connectivity index (χ3v) is 21.5. The summed E-state index contributed by atoms with van der Waals surface area (Å²) in [6.07, 6.45) is 18.3. The number of aromatic carboxylic acids is 1. The molecule has 3 heterocycles. The number of carboxylic acid groups (broad SMARTS) is 1. The number of aromatic hydroxyl groups is 2. The molecule has 6 saturated carbocycles. The van der Waals surface area contributed by atoms with E-state index in [1.54, 1.807) is 0 Å². The third kappa shape index (κ3) is 6.51. The minimum atomic E-state index is -1.78. The van der Waals surface area contributed by atoms with Crippen molar-refractivity contribution >= 4 is 22.5 Å². The van der Waals surface area contributed by atoms with Crippen LogP contribution >= 0.6 is 0 Å². The SMILES string of the molecule is CC(=O)c1c(C)c(O)c2cc(C(=O)O)cc(OC3OC(CO)C4(CC5C6=C(CC=C6C6(CCCO)COCC7CC8(CCC9(CCCC9%10CCC9(CCCC9)C%10)C8)CC5C76)CO4)C(O)C3O)c2c1O. The number of phenolic OH excluding ortho intramolecular Hbond substituents is 2. The highest BCUT2D eigenvalue weighted by atomic mass is 16.7. The van der Waals surface area contributed by atoms with E-state index in [0.29, 0.717) is 48.2 Å². The van der Waals surface area contributed by atoms with Gasteiger partial charge in [-0.1, -0.05) is 25.3 Å². The smallest absolute Gasteiger partial charge is 0.335 e. The molecule has 10 aliphatic rings. The van der Waals surface area contributed by atoms with Crippen molar-refractivity contribution in [3.05, 3.63) is 51.6 Å². The predicted octanol–water partition coefficient (Wildman–Crippen LogP) is 8.20. The first-order valence-corrected chi connectivity index (χ1v) is 26.4. The summed E-state index contributed by atoms with van der Waals surface area (Å²) in [5, 5.41) is 79.4. The Balaban J connectivity index is 0.909. The molecule has 2 saturated heterocycles. The topological polar surface area (TPSA) is 213 Å². The fourth-order valence-corrected chi connectivity index (χ4v) is 18.9. The second-order valence-electron chi connectivity index (χ2n) is 24.4. The molecular formula is C56H72O13. The normalized spacial score (nSPS) is 41.7. The van der Waals surface area contributed by atoms with Crippen LogP contribution in [0.15, 0.2) is 34.9 Å². The zero-order chi connectivity index (χ0) is 48.0. The van der Waals surface area contributed by atoms with Crippen molar-refractivity contribution in [2.45, 2.75) is 166 Å². The van der Waals surface area contributed by atoms with Crippen molar-refractivity contribution in [2.75, 3.05) is 33.0 Å². The summed E-state index contributed by atoms with van der Waals surface area (Å²) in [5.74, 6) is -2.46. The molecule has 69 heavy (non-hydrogen) atoms. The Hall–Kier alpha value is -3.56. The van der Waals surface area contributed by atoms with Crippen molar-refractivity contribution in [3.63, 3.8) is 0 Å². The Labute approximate surface area is 404 Å². The van der Waals surface area contributed by atoms with Crippen molar-refractivity contribution in [1.29, 1.82) is 0 Å². The van der Waals surface area contributed by atoms with Crippen LogP contribution in [-0.4, -0.2) is 111 Å². The summed E-state index contributed by atoms with van der Waals surface area (Å²) in [6.45, 7) is 3.65. The number of phenols is 2. The van der Waals surface area contributed by atoms with Crippen LogP contribution in [0.4, 0.5) is 0 Å². The average molecular weight is 953 g/mol. The summed E-state index contributed by atoms with van der Waals surface area (Å²) >= 11 is 0. The molecule has 0 amide bonds. The molecule has 7 aliphatic carbocycles. The average Bonchev–Trinajstić information content (AvgIpc) is 4.17. The van der Waals surface area contributed by atoms with Gasteiger partial charge in [0.1, 0.15) is 41.2 Å². The Kier molecular flexibility index (Phi) is 10.9. The van der Waals surface area contributed by atoms with Gasteiger partial charge < -0.3 is 54.7 Å². The molecule has 13 heteroatoms. The van der Waals surface area contributed by atoms with E-state index in [1.165, 1.54) is 115 Å². The summed E-state index contributed by atoms with van der Waals surface area (Å²) in [6, 6.07) is 2.28. The number of carbonyl (C=O) groups is 2. The molecule has 7 N–H and O–H groups in total. The van der Waals surface area contributed by atoms with E-state index in [2.05, 4.69) is 6.08 Å². The molecule has 3 aliphatic heterocycles. The number of allylic oxidation sites excluding steroid dienone is 2. The first-order chi connectivity index (χ1) is 33.1. The number of ketones is 1. The molecule has 12 rings (SSSR count). The quantitative estimate of drug-likeness (QED) is 0.0984. The Morgan fingerprint density at radius 1 is 0.884 bits per heavy atom. The van der Waals surface area contributed by atoms with Crippen LogP contribution in [0.2, 0.25) is 0 Å². The van der Waals surface area contributed by atoms with Crippen LogP contribution < -0.4 is 4.74 Å². The lowest BCUT2D eigenvalue weighted by Crippen LogP contribution is -2.70. The highest BCUT2D eigenvalue weighted by molar-refractivity contribution is 6.11. The zero-order valence-corrected chi connectivity index (χ0v) is 40.4. The van der Waals surface area contributed by atoms with Crippen molar-refractivity contribution < 1.29 is 64.3 Å². The number of Topliss-reactive ketones (excluding diaryl/α,β-unsaturated/α-hetero) is 1. The van der Waals surface area contributed by atoms with E-state index in [-0.39, 0.29) is 81.4 Å². The number of carbonyl (C=O) groups excluding carboxylic acids is 1. The van der Waals surface area contributed by atoms with Crippen LogP contribution in [0.25, 0.3) is 10.8 Å². The lowest BCUT2D eigenvalue weighted by Gasteiger charge is -2.64. The number of benzene rings is 2. The van der Waals surface area contributed by atoms with Crippen LogP contribution in [0, 0.1) is 57.7 Å². The molecular weight excluding hydrogens is 881 g/mol. The fraction of sp³-hybridized carbons (Fsp3) is 0.714. The van der Waals surface area contributed by atoms with Crippen molar-refractivity contribution in [1.82, 2.24) is 0 Å². The van der Waals surface area contributed by atoms with Crippen LogP contribution in [0.1, 0.15) is 155 Å². The second kappa shape index (κ2) is 16.2. The summed E-state index contributed by atoms with van der Waals surface area (Å²) in [7, 11) is 0. The maximum Gasteiger partial charge on any atom is 0.335 e. The molecule has 374 valence electrons. The van der Waals surface area contributed by atoms with E-state index in [4.69, 9.17) is 18.9 Å². The van der Waals surface area contributed by atoms with E-state index in [1.807, 2.05) is 0 Å². The molecule has 13 atom stereocenters. The first kappa shape index (κ1) is 46.5. The van der Waals surface area contributed by atoms with Gasteiger partial charge in [0.2, 0.25) is 6.29 Å². The molecule has 0 bridgehead atoms. The maximum atomic E-state index is 12.8. The van der Waals surface area contributed by atoms with Gasteiger partial charge in [-0.15, -0.1) is 0 Å². The largest absolute Gasteiger partial charge is 0.507 e. The number of aliphatic hydroxyl groups excluding tert-OH is 4. The molecule has 0 radical (unpaired) electrons. The Morgan fingerprint density at radius 3 is 2.33 bits per heavy atom. The van der Waals surface area contributed by atoms with Crippen molar-refractivity contribution in [3.8, 4) is 17.2 Å². The number of rotatable bonds is 8. The molecule has 13 unspecified atom stereocenters. The van der Waals surface area contributed by atoms with Crippen LogP contribution in [0.5, 0.6) is 17.2 Å². The standard InChI is InChI=1S/C56H72O13/c1-30-41(31(2)59)46(61)43-35(45(30)60)19-33(49(64)65)20-39(43)68-50-47(62)48(63)56(40(24-58)69-50)23-36-37-22-52(15-17-54(28-52)12-5-11-53(54)16-14-51(27-53)9-3-4-10-51)21-34-25-66-29-55(44(34)37,13-6-18-57)38-8-7-32(26-67-56)42(36)38/h8,19-20,34,36-37,40,44,47-48,50,57-58,60-63H,3-7,9-18,21-29H2,1-2H3,(H,64,65). The summed E-state index contributed by atoms with van der Waals surface area (Å²) < 4.78 is 26.6. The molecule has 2 aromatic carbocycles. The van der Waals surface area contributed by atoms with E-state index < -0.39 is 60.1 Å². The van der Waals surface area contributed by atoms with Gasteiger partial charge in [-0.2, -0.15) is 0 Å². The minimum Gasteiger partial charge on any atom is -0.507 e. The van der Waals surface area contributed by atoms with Gasteiger partial charge in [0.15, 0.2) is 5.78 Å². The number of carboxylic acids is 1. The van der Waals surface area contributed by atoms with E-state index in [9.17, 15) is 45.3 Å². The maximum absolute atomic E-state index is 12.8. The molecule has 0 aromatic heterocycles. The predicted molar refractivity (Wildman–Crippen MR) is 253 cm³/mol. The van der Waals surface area contributed by atoms with Gasteiger partial charge in [0, 0.05) is 29.6 Å². The molecule has 13 nitrogen and oxygen atoms in total. The van der Waals surface area contributed by atoms with Gasteiger partial charge in [0.05, 0.1) is 36.3 Å². The summed E-state index contributed by atoms with van der Waals surface area (Å²) in [4.78, 5) is 25.2. The zero-order valence-electron chi connectivity index (χ0n) is 40.4. The lowest BCUT2D eigenvalue weighted by molar-refractivity contribution is -0.326. The van der Waals surface area contributed by atoms with Gasteiger partial charge in [-0.3, -0.25) is 4.79 Å². The molecule has 2 aromatic rings. The van der Waals surface area contributed by atoms with E-state index >= 15 is 0 Å². The van der Waals surface area contributed by atoms with Crippen molar-refractivity contribution in [2.24, 2.45) is 50.7 Å². The third-order valence-electron chi connectivity index (χ3n) is 21.5. The Morgan fingerprint density at radius 2 is 1.62 bits per heavy atom. The van der Waals surface area contributed by atoms with Crippen LogP contribution in [0.3, 0.4) is 0 Å². The van der Waals surface area contributed by atoms with Gasteiger partial charge in [-0.25, -0.2) is 4.79 Å². The highest BCUT2D eigenvalue weighted by Crippen LogP contribution is 2.78. The van der Waals surface area contributed by atoms with Gasteiger partial charge in [0.25, 0.3) is 0 Å². The number of aliphatic hydroxyl groups is 4. The lowest BCUT2D eigenvalue weighted by atomic mass is 9.42. The molecule has 5 spiro atoms. The monoisotopic (exact) mass is 952 g/mol. The highest BCUT2D eigenvalue weighted by Gasteiger charge is 2.70. The van der Waals surface area contributed by atoms with Gasteiger partial charge >= 0.3 is 5.97 Å². The molecule has 8 fully saturated rings. The number of hydrogen-bond donors (Lipinski definition) is 7. The minimum absolute atomic E-state index is 0.0573.